The van der Waals surface area contributed by atoms with Gasteiger partial charge in [0, 0.05) is 29.4 Å². The fourth-order valence-electron chi connectivity index (χ4n) is 5.12. The summed E-state index contributed by atoms with van der Waals surface area (Å²) >= 11 is 0. The Balaban J connectivity index is 0.000000930. The molecule has 0 spiro atoms. The van der Waals surface area contributed by atoms with E-state index in [1.807, 2.05) is 13.8 Å². The summed E-state index contributed by atoms with van der Waals surface area (Å²) in [4.78, 5) is 12.4. The number of rotatable bonds is 14. The van der Waals surface area contributed by atoms with Crippen LogP contribution in [0.3, 0.4) is 0 Å². The van der Waals surface area contributed by atoms with Crippen molar-refractivity contribution in [1.29, 1.82) is 0 Å². The molecule has 3 nitrogen and oxygen atoms in total. The molecule has 0 aromatic heterocycles. The van der Waals surface area contributed by atoms with Crippen molar-refractivity contribution in [3.05, 3.63) is 23.3 Å². The molecule has 2 unspecified atom stereocenters. The summed E-state index contributed by atoms with van der Waals surface area (Å²) in [5.74, 6) is 3.30. The van der Waals surface area contributed by atoms with Crippen LogP contribution in [0, 0.1) is 37.5 Å². The molecule has 1 fully saturated rings. The Morgan fingerprint density at radius 3 is 1.61 bits per heavy atom. The van der Waals surface area contributed by atoms with Crippen molar-refractivity contribution >= 4 is 5.78 Å². The molecule has 1 aliphatic carbocycles. The summed E-state index contributed by atoms with van der Waals surface area (Å²) < 4.78 is 0. The molecule has 2 N–H and O–H groups in total. The van der Waals surface area contributed by atoms with Gasteiger partial charge in [-0.15, -0.1) is 0 Å². The third kappa shape index (κ3) is 16.0. The van der Waals surface area contributed by atoms with Crippen LogP contribution in [-0.2, 0) is 21.9 Å². The Hall–Kier alpha value is -0.991. The Bertz CT molecular complexity index is 663. The largest absolute Gasteiger partial charge is 0.504 e. The molecule has 36 heavy (non-hydrogen) atoms. The Morgan fingerprint density at radius 2 is 1.17 bits per heavy atom. The average molecular weight is 552 g/mol. The van der Waals surface area contributed by atoms with Gasteiger partial charge >= 0.3 is 0 Å². The Kier molecular flexibility index (Phi) is 19.5. The van der Waals surface area contributed by atoms with Gasteiger partial charge in [-0.1, -0.05) is 98.3 Å². The molecule has 0 aliphatic heterocycles. The second kappa shape index (κ2) is 20.0. The number of unbranched alkanes of at least 4 members (excludes halogenated alkanes) is 6. The summed E-state index contributed by atoms with van der Waals surface area (Å²) in [7, 11) is 0. The Morgan fingerprint density at radius 1 is 0.722 bits per heavy atom. The van der Waals surface area contributed by atoms with Gasteiger partial charge in [-0.25, -0.2) is 0 Å². The van der Waals surface area contributed by atoms with E-state index in [9.17, 15) is 4.79 Å². The van der Waals surface area contributed by atoms with Crippen molar-refractivity contribution in [2.45, 2.75) is 138 Å². The molecule has 0 bridgehead atoms. The number of carbonyl (C=O) groups is 1. The number of aryl methyl sites for hydroxylation is 2. The number of Topliss-reactive ketones (excluding diaryl/α,β-unsaturated/α-hetero) is 1. The first-order valence-electron chi connectivity index (χ1n) is 14.6. The van der Waals surface area contributed by atoms with Gasteiger partial charge < -0.3 is 10.2 Å². The number of benzene rings is 1. The van der Waals surface area contributed by atoms with E-state index in [2.05, 4.69) is 27.7 Å². The minimum Gasteiger partial charge on any atom is -0.504 e. The summed E-state index contributed by atoms with van der Waals surface area (Å²) in [6.07, 6.45) is 19.4. The first-order valence-corrected chi connectivity index (χ1v) is 14.6. The van der Waals surface area contributed by atoms with Crippen molar-refractivity contribution in [2.75, 3.05) is 0 Å². The smallest absolute Gasteiger partial charge is 0.157 e. The van der Waals surface area contributed by atoms with E-state index in [0.29, 0.717) is 17.6 Å². The van der Waals surface area contributed by atoms with E-state index >= 15 is 0 Å². The van der Waals surface area contributed by atoms with Crippen LogP contribution in [0.15, 0.2) is 12.1 Å². The summed E-state index contributed by atoms with van der Waals surface area (Å²) in [6.45, 7) is 13.0. The second-order valence-corrected chi connectivity index (χ2v) is 12.0. The number of hydrogen-bond acceptors (Lipinski definition) is 3. The van der Waals surface area contributed by atoms with Crippen molar-refractivity contribution in [1.82, 2.24) is 0 Å². The zero-order chi connectivity index (χ0) is 26.2. The van der Waals surface area contributed by atoms with Crippen molar-refractivity contribution in [3.8, 4) is 11.5 Å². The Labute approximate surface area is 233 Å². The molecule has 0 amide bonds. The summed E-state index contributed by atoms with van der Waals surface area (Å²) in [5.41, 5.74) is 1.96. The van der Waals surface area contributed by atoms with E-state index in [-0.39, 0.29) is 28.6 Å². The van der Waals surface area contributed by atoms with Crippen LogP contribution >= 0.6 is 0 Å². The zero-order valence-corrected chi connectivity index (χ0v) is 25.1. The maximum absolute atomic E-state index is 12.4. The number of phenolic OH excluding ortho intramolecular Hbond substituents is 2. The van der Waals surface area contributed by atoms with Crippen LogP contribution in [0.1, 0.15) is 135 Å². The van der Waals surface area contributed by atoms with Crippen LogP contribution in [0.4, 0.5) is 0 Å². The van der Waals surface area contributed by atoms with E-state index in [0.717, 1.165) is 29.4 Å². The molecular formula is C32H56CuO3. The number of ketones is 1. The van der Waals surface area contributed by atoms with Gasteiger partial charge in [-0.3, -0.25) is 4.79 Å². The van der Waals surface area contributed by atoms with Crippen LogP contribution in [0.5, 0.6) is 11.5 Å². The van der Waals surface area contributed by atoms with Gasteiger partial charge in [0.05, 0.1) is 0 Å². The molecule has 1 saturated carbocycles. The molecule has 213 valence electrons. The molecule has 1 radical (unpaired) electrons. The molecule has 1 aromatic carbocycles. The molecular weight excluding hydrogens is 496 g/mol. The van der Waals surface area contributed by atoms with Crippen LogP contribution < -0.4 is 0 Å². The number of hydrogen-bond donors (Lipinski definition) is 2. The summed E-state index contributed by atoms with van der Waals surface area (Å²) in [6, 6.07) is 3.09. The number of phenols is 2. The van der Waals surface area contributed by atoms with E-state index in [1.54, 1.807) is 12.1 Å². The molecule has 1 aliphatic rings. The zero-order valence-electron chi connectivity index (χ0n) is 24.2. The van der Waals surface area contributed by atoms with E-state index in [4.69, 9.17) is 10.2 Å². The first kappa shape index (κ1) is 35.0. The van der Waals surface area contributed by atoms with Crippen molar-refractivity contribution < 1.29 is 32.1 Å². The maximum Gasteiger partial charge on any atom is 0.157 e. The molecule has 2 atom stereocenters. The fraction of sp³-hybridized carbons (Fsp3) is 0.781. The normalized spacial score (nSPS) is 17.6. The fourth-order valence-corrected chi connectivity index (χ4v) is 5.12. The monoisotopic (exact) mass is 551 g/mol. The summed E-state index contributed by atoms with van der Waals surface area (Å²) in [5, 5.41) is 17.9. The predicted molar refractivity (Wildman–Crippen MR) is 150 cm³/mol. The van der Waals surface area contributed by atoms with Crippen LogP contribution in [0.2, 0.25) is 0 Å². The topological polar surface area (TPSA) is 57.5 Å². The number of carbonyl (C=O) groups excluding carboxylic acids is 1. The van der Waals surface area contributed by atoms with Crippen LogP contribution in [0.25, 0.3) is 0 Å². The first-order chi connectivity index (χ1) is 16.6. The molecule has 1 aromatic rings. The van der Waals surface area contributed by atoms with E-state index < -0.39 is 0 Å². The average Bonchev–Trinajstić information content (AvgIpc) is 2.78. The standard InChI is InChI=1S/C24H46O.C8H10O2.Cu/c1-20(2)13-9-5-7-11-15-22-17-18-23(24(25)19-22)16-12-8-6-10-14-21(3)4;1-5-3-7(9)8(10)4-6(5)2;/h20-23H,5-19H2,1-4H3;3-4,9-10H,1-2H3;. The van der Waals surface area contributed by atoms with Gasteiger partial charge in [0.1, 0.15) is 5.78 Å². The van der Waals surface area contributed by atoms with Gasteiger partial charge in [-0.05, 0) is 74.1 Å². The van der Waals surface area contributed by atoms with Gasteiger partial charge in [0.2, 0.25) is 0 Å². The molecule has 0 saturated heterocycles. The molecule has 0 heterocycles. The predicted octanol–water partition coefficient (Wildman–Crippen LogP) is 9.68. The third-order valence-corrected chi connectivity index (χ3v) is 7.69. The maximum atomic E-state index is 12.4. The van der Waals surface area contributed by atoms with Crippen molar-refractivity contribution in [3.63, 3.8) is 0 Å². The quantitative estimate of drug-likeness (QED) is 0.137. The van der Waals surface area contributed by atoms with E-state index in [1.165, 1.54) is 89.9 Å². The van der Waals surface area contributed by atoms with Gasteiger partial charge in [0.15, 0.2) is 11.5 Å². The van der Waals surface area contributed by atoms with Crippen molar-refractivity contribution in [2.24, 2.45) is 23.7 Å². The minimum absolute atomic E-state index is 0. The van der Waals surface area contributed by atoms with Crippen LogP contribution in [-0.4, -0.2) is 16.0 Å². The molecule has 4 heteroatoms. The van der Waals surface area contributed by atoms with Gasteiger partial charge in [0.25, 0.3) is 0 Å². The van der Waals surface area contributed by atoms with Gasteiger partial charge in [-0.2, -0.15) is 0 Å². The number of aromatic hydroxyl groups is 2. The minimum atomic E-state index is -0.0527. The third-order valence-electron chi connectivity index (χ3n) is 7.69. The second-order valence-electron chi connectivity index (χ2n) is 12.0. The SMILES string of the molecule is CC(C)CCCCCCC1CCC(CCCCCCC(C)C)C(=O)C1.Cc1cc(O)c(O)cc1C.[Cu]. The molecule has 2 rings (SSSR count).